The normalized spacial score (nSPS) is 13.1. The number of aromatic carboxylic acids is 1. The number of aryl methyl sites for hydroxylation is 1. The van der Waals surface area contributed by atoms with Crippen molar-refractivity contribution in [1.29, 1.82) is 0 Å². The molecular weight excluding hydrogens is 244 g/mol. The molecule has 0 saturated carbocycles. The van der Waals surface area contributed by atoms with Gasteiger partial charge in [-0.1, -0.05) is 0 Å². The van der Waals surface area contributed by atoms with Crippen molar-refractivity contribution in [1.82, 2.24) is 9.78 Å². The minimum atomic E-state index is -0.954. The first-order valence-corrected chi connectivity index (χ1v) is 6.26. The first kappa shape index (κ1) is 11.8. The van der Waals surface area contributed by atoms with Gasteiger partial charge in [0.05, 0.1) is 12.3 Å². The van der Waals surface area contributed by atoms with E-state index in [4.69, 9.17) is 9.84 Å². The Morgan fingerprint density at radius 1 is 1.47 bits per heavy atom. The summed E-state index contributed by atoms with van der Waals surface area (Å²) >= 11 is 0. The van der Waals surface area contributed by atoms with Gasteiger partial charge in [-0.25, -0.2) is 4.79 Å². The van der Waals surface area contributed by atoms with Gasteiger partial charge in [0.15, 0.2) is 0 Å². The first-order valence-electron chi connectivity index (χ1n) is 6.26. The average Bonchev–Trinajstić information content (AvgIpc) is 3.04. The third kappa shape index (κ3) is 1.97. The van der Waals surface area contributed by atoms with Gasteiger partial charge < -0.3 is 9.84 Å². The van der Waals surface area contributed by atoms with E-state index in [0.29, 0.717) is 18.8 Å². The highest BCUT2D eigenvalue weighted by Gasteiger charge is 2.17. The van der Waals surface area contributed by atoms with E-state index >= 15 is 0 Å². The molecule has 0 spiro atoms. The second-order valence-electron chi connectivity index (χ2n) is 4.46. The topological polar surface area (TPSA) is 64.4 Å². The van der Waals surface area contributed by atoms with E-state index in [1.807, 2.05) is 25.1 Å². The summed E-state index contributed by atoms with van der Waals surface area (Å²) in [6.45, 7) is 3.12. The third-order valence-corrected chi connectivity index (χ3v) is 3.28. The van der Waals surface area contributed by atoms with Crippen LogP contribution < -0.4 is 4.74 Å². The minimum Gasteiger partial charge on any atom is -0.493 e. The van der Waals surface area contributed by atoms with E-state index in [2.05, 4.69) is 5.10 Å². The summed E-state index contributed by atoms with van der Waals surface area (Å²) < 4.78 is 6.96. The number of carbonyl (C=O) groups is 1. The Morgan fingerprint density at radius 3 is 3.00 bits per heavy atom. The Balaban J connectivity index is 2.04. The standard InChI is InChI=1S/C14H14N2O3/c1-2-16-12(14(17)18)8-11(15-16)9-3-4-13-10(7-9)5-6-19-13/h3-4,7-8H,2,5-6H2,1H3,(H,17,18). The summed E-state index contributed by atoms with van der Waals surface area (Å²) in [4.78, 5) is 11.1. The lowest BCUT2D eigenvalue weighted by Crippen LogP contribution is -2.07. The predicted octanol–water partition coefficient (Wildman–Crippen LogP) is 2.20. The smallest absolute Gasteiger partial charge is 0.354 e. The maximum absolute atomic E-state index is 11.1. The first-order chi connectivity index (χ1) is 9.19. The van der Waals surface area contributed by atoms with Gasteiger partial charge in [0.1, 0.15) is 11.4 Å². The fourth-order valence-corrected chi connectivity index (χ4v) is 2.32. The maximum Gasteiger partial charge on any atom is 0.354 e. The fourth-order valence-electron chi connectivity index (χ4n) is 2.32. The van der Waals surface area contributed by atoms with E-state index in [0.717, 1.165) is 23.3 Å². The van der Waals surface area contributed by atoms with Gasteiger partial charge in [-0.05, 0) is 36.8 Å². The van der Waals surface area contributed by atoms with Crippen molar-refractivity contribution in [2.24, 2.45) is 0 Å². The van der Waals surface area contributed by atoms with Crippen molar-refractivity contribution in [3.63, 3.8) is 0 Å². The van der Waals surface area contributed by atoms with Crippen molar-refractivity contribution in [2.45, 2.75) is 19.9 Å². The lowest BCUT2D eigenvalue weighted by molar-refractivity contribution is 0.0683. The largest absolute Gasteiger partial charge is 0.493 e. The van der Waals surface area contributed by atoms with Crippen LogP contribution in [0.1, 0.15) is 23.0 Å². The Hall–Kier alpha value is -2.30. The van der Waals surface area contributed by atoms with Crippen molar-refractivity contribution in [2.75, 3.05) is 6.61 Å². The number of hydrogen-bond donors (Lipinski definition) is 1. The molecule has 1 aromatic heterocycles. The van der Waals surface area contributed by atoms with Gasteiger partial charge in [0, 0.05) is 18.5 Å². The summed E-state index contributed by atoms with van der Waals surface area (Å²) in [6, 6.07) is 7.47. The SMILES string of the molecule is CCn1nc(-c2ccc3c(c2)CCO3)cc1C(=O)O. The molecule has 0 aliphatic carbocycles. The highest BCUT2D eigenvalue weighted by molar-refractivity contribution is 5.87. The quantitative estimate of drug-likeness (QED) is 0.916. The van der Waals surface area contributed by atoms with Crippen molar-refractivity contribution in [3.8, 4) is 17.0 Å². The molecule has 0 radical (unpaired) electrons. The van der Waals surface area contributed by atoms with Gasteiger partial charge in [-0.15, -0.1) is 0 Å². The van der Waals surface area contributed by atoms with Gasteiger partial charge >= 0.3 is 5.97 Å². The molecule has 0 amide bonds. The molecule has 0 fully saturated rings. The lowest BCUT2D eigenvalue weighted by atomic mass is 10.1. The Kier molecular flexibility index (Phi) is 2.74. The van der Waals surface area contributed by atoms with E-state index < -0.39 is 5.97 Å². The van der Waals surface area contributed by atoms with E-state index in [9.17, 15) is 4.79 Å². The van der Waals surface area contributed by atoms with Crippen LogP contribution in [0.2, 0.25) is 0 Å². The van der Waals surface area contributed by atoms with Crippen LogP contribution >= 0.6 is 0 Å². The average molecular weight is 258 g/mol. The molecule has 1 aromatic carbocycles. The molecule has 5 nitrogen and oxygen atoms in total. The van der Waals surface area contributed by atoms with Gasteiger partial charge in [-0.2, -0.15) is 5.10 Å². The molecular formula is C14H14N2O3. The zero-order valence-corrected chi connectivity index (χ0v) is 10.6. The predicted molar refractivity (Wildman–Crippen MR) is 69.5 cm³/mol. The van der Waals surface area contributed by atoms with Crippen molar-refractivity contribution in [3.05, 3.63) is 35.5 Å². The molecule has 19 heavy (non-hydrogen) atoms. The second kappa shape index (κ2) is 4.42. The lowest BCUT2D eigenvalue weighted by Gasteiger charge is -2.01. The number of aromatic nitrogens is 2. The van der Waals surface area contributed by atoms with Gasteiger partial charge in [0.2, 0.25) is 0 Å². The summed E-state index contributed by atoms with van der Waals surface area (Å²) in [5.41, 5.74) is 2.99. The van der Waals surface area contributed by atoms with Crippen LogP contribution in [0, 0.1) is 0 Å². The third-order valence-electron chi connectivity index (χ3n) is 3.28. The molecule has 0 bridgehead atoms. The van der Waals surface area contributed by atoms with Crippen LogP contribution in [-0.2, 0) is 13.0 Å². The fraction of sp³-hybridized carbons (Fsp3) is 0.286. The van der Waals surface area contributed by atoms with Gasteiger partial charge in [-0.3, -0.25) is 4.68 Å². The molecule has 1 N–H and O–H groups in total. The number of nitrogens with zero attached hydrogens (tertiary/aromatic N) is 2. The zero-order chi connectivity index (χ0) is 13.4. The number of carboxylic acid groups (broad SMARTS) is 1. The molecule has 0 atom stereocenters. The van der Waals surface area contributed by atoms with Crippen LogP contribution in [0.25, 0.3) is 11.3 Å². The monoisotopic (exact) mass is 258 g/mol. The van der Waals surface area contributed by atoms with Crippen LogP contribution in [0.3, 0.4) is 0 Å². The molecule has 2 aromatic rings. The highest BCUT2D eigenvalue weighted by Crippen LogP contribution is 2.30. The molecule has 3 rings (SSSR count). The van der Waals surface area contributed by atoms with Gasteiger partial charge in [0.25, 0.3) is 0 Å². The molecule has 5 heteroatoms. The Morgan fingerprint density at radius 2 is 2.32 bits per heavy atom. The number of rotatable bonds is 3. The van der Waals surface area contributed by atoms with Crippen LogP contribution in [0.15, 0.2) is 24.3 Å². The number of ether oxygens (including phenoxy) is 1. The van der Waals surface area contributed by atoms with E-state index in [-0.39, 0.29) is 5.69 Å². The summed E-state index contributed by atoms with van der Waals surface area (Å²) in [6.07, 6.45) is 0.892. The molecule has 2 heterocycles. The molecule has 1 aliphatic heterocycles. The summed E-state index contributed by atoms with van der Waals surface area (Å²) in [5.74, 6) is -0.0396. The van der Waals surface area contributed by atoms with E-state index in [1.54, 1.807) is 6.07 Å². The number of fused-ring (bicyclic) bond motifs is 1. The highest BCUT2D eigenvalue weighted by atomic mass is 16.5. The zero-order valence-electron chi connectivity index (χ0n) is 10.6. The summed E-state index contributed by atoms with van der Waals surface area (Å²) in [5, 5.41) is 13.5. The number of hydrogen-bond acceptors (Lipinski definition) is 3. The van der Waals surface area contributed by atoms with Crippen LogP contribution in [0.4, 0.5) is 0 Å². The summed E-state index contributed by atoms with van der Waals surface area (Å²) in [7, 11) is 0. The molecule has 0 saturated heterocycles. The van der Waals surface area contributed by atoms with Crippen LogP contribution in [-0.4, -0.2) is 27.5 Å². The molecule has 98 valence electrons. The van der Waals surface area contributed by atoms with Crippen molar-refractivity contribution >= 4 is 5.97 Å². The van der Waals surface area contributed by atoms with Crippen molar-refractivity contribution < 1.29 is 14.6 Å². The Labute approximate surface area is 110 Å². The second-order valence-corrected chi connectivity index (χ2v) is 4.46. The maximum atomic E-state index is 11.1. The number of benzene rings is 1. The van der Waals surface area contributed by atoms with Crippen LogP contribution in [0.5, 0.6) is 5.75 Å². The molecule has 1 aliphatic rings. The molecule has 0 unspecified atom stereocenters. The minimum absolute atomic E-state index is 0.217. The number of carboxylic acids is 1. The van der Waals surface area contributed by atoms with E-state index in [1.165, 1.54) is 4.68 Å². The Bertz CT molecular complexity index is 646.